The van der Waals surface area contributed by atoms with Crippen LogP contribution in [0.3, 0.4) is 0 Å². The first-order chi connectivity index (χ1) is 13.6. The molecule has 0 unspecified atom stereocenters. The maximum Gasteiger partial charge on any atom is 0.229 e. The van der Waals surface area contributed by atoms with E-state index < -0.39 is 0 Å². The largest absolute Gasteiger partial charge is 0.354 e. The molecule has 1 aromatic heterocycles. The number of hydrogen-bond acceptors (Lipinski definition) is 5. The molecule has 3 aromatic rings. The molecule has 1 aliphatic rings. The van der Waals surface area contributed by atoms with E-state index in [0.717, 1.165) is 48.9 Å². The Balaban J connectivity index is 1.72. The van der Waals surface area contributed by atoms with Crippen LogP contribution in [0.4, 0.5) is 17.5 Å². The number of anilines is 3. The third-order valence-corrected chi connectivity index (χ3v) is 5.25. The van der Waals surface area contributed by atoms with Crippen molar-refractivity contribution >= 4 is 17.5 Å². The summed E-state index contributed by atoms with van der Waals surface area (Å²) in [6.45, 7) is 8.25. The highest BCUT2D eigenvalue weighted by Gasteiger charge is 2.18. The maximum atomic E-state index is 4.86. The monoisotopic (exact) mass is 373 g/mol. The minimum atomic E-state index is 0.643. The number of benzene rings is 2. The van der Waals surface area contributed by atoms with Crippen LogP contribution in [0.2, 0.25) is 0 Å². The molecule has 2 aromatic carbocycles. The molecule has 5 nitrogen and oxygen atoms in total. The summed E-state index contributed by atoms with van der Waals surface area (Å²) in [4.78, 5) is 14.4. The summed E-state index contributed by atoms with van der Waals surface area (Å²) in [5.74, 6) is 1.62. The predicted octanol–water partition coefficient (Wildman–Crippen LogP) is 4.26. The lowest BCUT2D eigenvalue weighted by Gasteiger charge is -2.33. The Bertz CT molecular complexity index is 946. The van der Waals surface area contributed by atoms with Crippen molar-refractivity contribution in [2.75, 3.05) is 43.4 Å². The highest BCUT2D eigenvalue weighted by Crippen LogP contribution is 2.27. The molecule has 5 heteroatoms. The van der Waals surface area contributed by atoms with Gasteiger partial charge in [-0.1, -0.05) is 42.5 Å². The standard InChI is InChI=1S/C23H27N5/c1-17-9-10-18(2)20(15-17)24-23-25-21(19-7-5-4-6-8-19)16-22(26-23)28-13-11-27(3)12-14-28/h4-10,15-16H,11-14H2,1-3H3,(H,24,25,26). The van der Waals surface area contributed by atoms with E-state index >= 15 is 0 Å². The van der Waals surface area contributed by atoms with Crippen LogP contribution in [0.25, 0.3) is 11.3 Å². The Labute approximate surface area is 167 Å². The van der Waals surface area contributed by atoms with Gasteiger partial charge >= 0.3 is 0 Å². The van der Waals surface area contributed by atoms with Crippen molar-refractivity contribution in [1.82, 2.24) is 14.9 Å². The Morgan fingerprint density at radius 1 is 0.857 bits per heavy atom. The van der Waals surface area contributed by atoms with E-state index in [0.29, 0.717) is 5.95 Å². The molecule has 1 fully saturated rings. The van der Waals surface area contributed by atoms with Gasteiger partial charge in [-0.3, -0.25) is 0 Å². The fraction of sp³-hybridized carbons (Fsp3) is 0.304. The van der Waals surface area contributed by atoms with Crippen LogP contribution in [0.15, 0.2) is 54.6 Å². The van der Waals surface area contributed by atoms with Gasteiger partial charge in [0.15, 0.2) is 0 Å². The van der Waals surface area contributed by atoms with E-state index in [1.165, 1.54) is 11.1 Å². The predicted molar refractivity (Wildman–Crippen MR) is 116 cm³/mol. The number of likely N-dealkylation sites (N-methyl/N-ethyl adjacent to an activating group) is 1. The number of nitrogens with zero attached hydrogens (tertiary/aromatic N) is 4. The zero-order chi connectivity index (χ0) is 19.5. The summed E-state index contributed by atoms with van der Waals surface area (Å²) in [6.07, 6.45) is 0. The van der Waals surface area contributed by atoms with Crippen LogP contribution in [-0.4, -0.2) is 48.1 Å². The molecule has 1 N–H and O–H groups in total. The summed E-state index contributed by atoms with van der Waals surface area (Å²) in [5.41, 5.74) is 5.49. The van der Waals surface area contributed by atoms with Gasteiger partial charge in [-0.05, 0) is 38.1 Å². The molecule has 0 spiro atoms. The second-order valence-corrected chi connectivity index (χ2v) is 7.53. The molecule has 0 atom stereocenters. The minimum Gasteiger partial charge on any atom is -0.354 e. The van der Waals surface area contributed by atoms with E-state index in [4.69, 9.17) is 9.97 Å². The van der Waals surface area contributed by atoms with Crippen LogP contribution in [-0.2, 0) is 0 Å². The Morgan fingerprint density at radius 2 is 1.61 bits per heavy atom. The molecular formula is C23H27N5. The van der Waals surface area contributed by atoms with Crippen LogP contribution >= 0.6 is 0 Å². The molecule has 0 saturated carbocycles. The van der Waals surface area contributed by atoms with Crippen LogP contribution in [0, 0.1) is 13.8 Å². The fourth-order valence-corrected chi connectivity index (χ4v) is 3.44. The van der Waals surface area contributed by atoms with Gasteiger partial charge in [0.1, 0.15) is 5.82 Å². The van der Waals surface area contributed by atoms with Crippen molar-refractivity contribution in [1.29, 1.82) is 0 Å². The highest BCUT2D eigenvalue weighted by atomic mass is 15.3. The van der Waals surface area contributed by atoms with Gasteiger partial charge in [-0.15, -0.1) is 0 Å². The lowest BCUT2D eigenvalue weighted by atomic mass is 10.1. The van der Waals surface area contributed by atoms with Gasteiger partial charge < -0.3 is 15.1 Å². The van der Waals surface area contributed by atoms with Crippen molar-refractivity contribution in [3.05, 3.63) is 65.7 Å². The van der Waals surface area contributed by atoms with Crippen molar-refractivity contribution < 1.29 is 0 Å². The minimum absolute atomic E-state index is 0.643. The van der Waals surface area contributed by atoms with Crippen LogP contribution < -0.4 is 10.2 Å². The molecule has 144 valence electrons. The molecule has 28 heavy (non-hydrogen) atoms. The highest BCUT2D eigenvalue weighted by molar-refractivity contribution is 5.67. The molecule has 1 saturated heterocycles. The van der Waals surface area contributed by atoms with E-state index in [1.807, 2.05) is 18.2 Å². The molecule has 2 heterocycles. The van der Waals surface area contributed by atoms with E-state index in [1.54, 1.807) is 0 Å². The number of aromatic nitrogens is 2. The summed E-state index contributed by atoms with van der Waals surface area (Å²) in [6, 6.07) is 18.8. The topological polar surface area (TPSA) is 44.3 Å². The number of rotatable bonds is 4. The molecule has 0 bridgehead atoms. The number of aryl methyl sites for hydroxylation is 2. The quantitative estimate of drug-likeness (QED) is 0.740. The van der Waals surface area contributed by atoms with E-state index in [9.17, 15) is 0 Å². The second-order valence-electron chi connectivity index (χ2n) is 7.53. The first-order valence-corrected chi connectivity index (χ1v) is 9.81. The summed E-state index contributed by atoms with van der Waals surface area (Å²) < 4.78 is 0. The normalized spacial score (nSPS) is 14.9. The molecule has 0 amide bonds. The van der Waals surface area contributed by atoms with Crippen molar-refractivity contribution in [2.24, 2.45) is 0 Å². The van der Waals surface area contributed by atoms with Crippen molar-refractivity contribution in [3.63, 3.8) is 0 Å². The number of hydrogen-bond donors (Lipinski definition) is 1. The zero-order valence-corrected chi connectivity index (χ0v) is 16.8. The van der Waals surface area contributed by atoms with Gasteiger partial charge in [0.25, 0.3) is 0 Å². The van der Waals surface area contributed by atoms with Crippen LogP contribution in [0.1, 0.15) is 11.1 Å². The van der Waals surface area contributed by atoms with E-state index in [-0.39, 0.29) is 0 Å². The van der Waals surface area contributed by atoms with Gasteiger partial charge in [0.05, 0.1) is 5.69 Å². The number of nitrogens with one attached hydrogen (secondary N) is 1. The van der Waals surface area contributed by atoms with Crippen LogP contribution in [0.5, 0.6) is 0 Å². The fourth-order valence-electron chi connectivity index (χ4n) is 3.44. The smallest absolute Gasteiger partial charge is 0.229 e. The average Bonchev–Trinajstić information content (AvgIpc) is 2.72. The maximum absolute atomic E-state index is 4.86. The molecule has 4 rings (SSSR count). The number of piperazine rings is 1. The lowest BCUT2D eigenvalue weighted by Crippen LogP contribution is -2.44. The SMILES string of the molecule is Cc1ccc(C)c(Nc2nc(-c3ccccc3)cc(N3CCN(C)CC3)n2)c1. The molecule has 1 aliphatic heterocycles. The Kier molecular flexibility index (Phi) is 5.26. The molecule has 0 aliphatic carbocycles. The van der Waals surface area contributed by atoms with Crippen molar-refractivity contribution in [2.45, 2.75) is 13.8 Å². The third kappa shape index (κ3) is 4.15. The Hall–Kier alpha value is -2.92. The van der Waals surface area contributed by atoms with Gasteiger partial charge in [0.2, 0.25) is 5.95 Å². The lowest BCUT2D eigenvalue weighted by molar-refractivity contribution is 0.312. The van der Waals surface area contributed by atoms with Gasteiger partial charge in [0, 0.05) is 43.5 Å². The van der Waals surface area contributed by atoms with Gasteiger partial charge in [-0.25, -0.2) is 4.98 Å². The molecular weight excluding hydrogens is 346 g/mol. The average molecular weight is 374 g/mol. The second kappa shape index (κ2) is 7.98. The summed E-state index contributed by atoms with van der Waals surface area (Å²) >= 11 is 0. The van der Waals surface area contributed by atoms with E-state index in [2.05, 4.69) is 72.4 Å². The first kappa shape index (κ1) is 18.4. The zero-order valence-electron chi connectivity index (χ0n) is 16.8. The Morgan fingerprint density at radius 3 is 2.36 bits per heavy atom. The van der Waals surface area contributed by atoms with Gasteiger partial charge in [-0.2, -0.15) is 4.98 Å². The third-order valence-electron chi connectivity index (χ3n) is 5.25. The first-order valence-electron chi connectivity index (χ1n) is 9.81. The van der Waals surface area contributed by atoms with Crippen molar-refractivity contribution in [3.8, 4) is 11.3 Å². The summed E-state index contributed by atoms with van der Waals surface area (Å²) in [7, 11) is 2.17. The molecule has 0 radical (unpaired) electrons. The summed E-state index contributed by atoms with van der Waals surface area (Å²) in [5, 5.41) is 3.45.